The number of aliphatic hydroxyl groups is 2. The van der Waals surface area contributed by atoms with Gasteiger partial charge in [-0.15, -0.1) is 0 Å². The Morgan fingerprint density at radius 1 is 1.20 bits per heavy atom. The number of aliphatic carboxylic acids is 1. The van der Waals surface area contributed by atoms with Gasteiger partial charge >= 0.3 is 5.97 Å². The zero-order valence-corrected chi connectivity index (χ0v) is 15.2. The second-order valence-corrected chi connectivity index (χ2v) is 7.15. The molecule has 0 spiro atoms. The summed E-state index contributed by atoms with van der Waals surface area (Å²) in [4.78, 5) is 10.4. The summed E-state index contributed by atoms with van der Waals surface area (Å²) in [7, 11) is 0. The molecule has 1 saturated carbocycles. The zero-order valence-electron chi connectivity index (χ0n) is 15.2. The molecule has 1 fully saturated rings. The molecule has 5 heteroatoms. The third-order valence-corrected chi connectivity index (χ3v) is 4.83. The molecule has 0 heterocycles. The molecule has 25 heavy (non-hydrogen) atoms. The lowest BCUT2D eigenvalue weighted by molar-refractivity contribution is -0.137. The fourth-order valence-corrected chi connectivity index (χ4v) is 3.34. The highest BCUT2D eigenvalue weighted by Crippen LogP contribution is 2.38. The maximum atomic E-state index is 14.1. The van der Waals surface area contributed by atoms with Gasteiger partial charge in [0, 0.05) is 6.42 Å². The molecule has 0 saturated heterocycles. The van der Waals surface area contributed by atoms with Gasteiger partial charge in [-0.05, 0) is 70.1 Å². The smallest absolute Gasteiger partial charge is 0.303 e. The number of aliphatic hydroxyl groups excluding tert-OH is 2. The Hall–Kier alpha value is -1.20. The first-order chi connectivity index (χ1) is 11.9. The number of alkyl halides is 1. The Kier molecular flexibility index (Phi) is 10.7. The van der Waals surface area contributed by atoms with Crippen LogP contribution in [0.3, 0.4) is 0 Å². The predicted octanol–water partition coefficient (Wildman–Crippen LogP) is 4.02. The van der Waals surface area contributed by atoms with Gasteiger partial charge in [0.2, 0.25) is 0 Å². The molecule has 5 atom stereocenters. The van der Waals surface area contributed by atoms with Gasteiger partial charge in [0.1, 0.15) is 6.17 Å². The second kappa shape index (κ2) is 12.2. The number of carboxylic acid groups (broad SMARTS) is 1. The molecule has 4 nitrogen and oxygen atoms in total. The van der Waals surface area contributed by atoms with Crippen LogP contribution in [-0.4, -0.2) is 39.7 Å². The normalized spacial score (nSPS) is 26.5. The summed E-state index contributed by atoms with van der Waals surface area (Å²) in [5.41, 5.74) is 0. The molecule has 0 aromatic carbocycles. The van der Waals surface area contributed by atoms with Crippen LogP contribution in [0.1, 0.15) is 64.7 Å². The van der Waals surface area contributed by atoms with Crippen molar-refractivity contribution in [3.05, 3.63) is 24.3 Å². The van der Waals surface area contributed by atoms with Crippen LogP contribution in [0, 0.1) is 11.8 Å². The average Bonchev–Trinajstić information content (AvgIpc) is 2.88. The number of carboxylic acids is 1. The quantitative estimate of drug-likeness (QED) is 0.364. The van der Waals surface area contributed by atoms with Gasteiger partial charge in [-0.1, -0.05) is 24.3 Å². The third-order valence-electron chi connectivity index (χ3n) is 4.83. The van der Waals surface area contributed by atoms with Crippen LogP contribution in [0.4, 0.5) is 4.39 Å². The highest BCUT2D eigenvalue weighted by atomic mass is 19.1. The van der Waals surface area contributed by atoms with Crippen molar-refractivity contribution in [2.24, 2.45) is 11.8 Å². The number of unbranched alkanes of at least 4 members (excludes halogenated alkanes) is 1. The molecular formula is C20H33FO4. The molecule has 144 valence electrons. The van der Waals surface area contributed by atoms with Crippen LogP contribution < -0.4 is 0 Å². The molecule has 1 rings (SSSR count). The highest BCUT2D eigenvalue weighted by molar-refractivity contribution is 5.66. The van der Waals surface area contributed by atoms with E-state index >= 15 is 0 Å². The lowest BCUT2D eigenvalue weighted by Crippen LogP contribution is -2.14. The number of allylic oxidation sites excluding steroid dienone is 3. The van der Waals surface area contributed by atoms with Gasteiger partial charge in [0.15, 0.2) is 0 Å². The SMILES string of the molecule is C[C@@H](O)CCCC(O)/C=C/[C@H]1CC[C@@H](F)C1C/C=C\CCCC(=O)O. The van der Waals surface area contributed by atoms with E-state index in [2.05, 4.69) is 0 Å². The van der Waals surface area contributed by atoms with E-state index in [1.807, 2.05) is 18.2 Å². The van der Waals surface area contributed by atoms with E-state index in [1.165, 1.54) is 0 Å². The lowest BCUT2D eigenvalue weighted by atomic mass is 9.91. The standard InChI is InChI=1S/C20H33FO4/c1-15(22)7-6-8-17(23)13-11-16-12-14-19(21)18(16)9-4-2-3-5-10-20(24)25/h2,4,11,13,15-19,22-23H,3,5-10,12,14H2,1H3,(H,24,25)/b4-2-,13-11+/t15-,16+,17?,18?,19-/m1/s1. The van der Waals surface area contributed by atoms with E-state index in [1.54, 1.807) is 13.0 Å². The van der Waals surface area contributed by atoms with Crippen molar-refractivity contribution >= 4 is 5.97 Å². The van der Waals surface area contributed by atoms with Crippen molar-refractivity contribution in [1.82, 2.24) is 0 Å². The molecule has 3 N–H and O–H groups in total. The molecular weight excluding hydrogens is 323 g/mol. The van der Waals surface area contributed by atoms with E-state index < -0.39 is 18.2 Å². The Morgan fingerprint density at radius 2 is 1.96 bits per heavy atom. The average molecular weight is 356 g/mol. The van der Waals surface area contributed by atoms with E-state index in [9.17, 15) is 19.4 Å². The van der Waals surface area contributed by atoms with Gasteiger partial charge in [-0.25, -0.2) is 4.39 Å². The van der Waals surface area contributed by atoms with Crippen LogP contribution >= 0.6 is 0 Å². The van der Waals surface area contributed by atoms with Gasteiger partial charge in [0.05, 0.1) is 12.2 Å². The lowest BCUT2D eigenvalue weighted by Gasteiger charge is -2.17. The minimum absolute atomic E-state index is 0.0587. The fraction of sp³-hybridized carbons (Fsp3) is 0.750. The minimum Gasteiger partial charge on any atom is -0.481 e. The van der Waals surface area contributed by atoms with E-state index in [-0.39, 0.29) is 24.4 Å². The number of carbonyl (C=O) groups is 1. The highest BCUT2D eigenvalue weighted by Gasteiger charge is 2.33. The van der Waals surface area contributed by atoms with E-state index in [4.69, 9.17) is 5.11 Å². The van der Waals surface area contributed by atoms with Crippen LogP contribution in [0.5, 0.6) is 0 Å². The number of halogens is 1. The minimum atomic E-state index is -0.814. The molecule has 2 unspecified atom stereocenters. The van der Waals surface area contributed by atoms with Crippen LogP contribution in [0.25, 0.3) is 0 Å². The largest absolute Gasteiger partial charge is 0.481 e. The van der Waals surface area contributed by atoms with Gasteiger partial charge in [-0.3, -0.25) is 4.79 Å². The molecule has 1 aliphatic rings. The van der Waals surface area contributed by atoms with Crippen molar-refractivity contribution in [2.75, 3.05) is 0 Å². The topological polar surface area (TPSA) is 77.8 Å². The molecule has 0 aliphatic heterocycles. The first-order valence-electron chi connectivity index (χ1n) is 9.45. The first-order valence-corrected chi connectivity index (χ1v) is 9.45. The van der Waals surface area contributed by atoms with Crippen LogP contribution in [0.2, 0.25) is 0 Å². The Bertz CT molecular complexity index is 433. The zero-order chi connectivity index (χ0) is 18.7. The van der Waals surface area contributed by atoms with Crippen molar-refractivity contribution in [1.29, 1.82) is 0 Å². The molecule has 0 bridgehead atoms. The van der Waals surface area contributed by atoms with Crippen molar-refractivity contribution in [2.45, 2.75) is 83.1 Å². The number of hydrogen-bond donors (Lipinski definition) is 3. The predicted molar refractivity (Wildman–Crippen MR) is 97.0 cm³/mol. The Balaban J connectivity index is 2.35. The summed E-state index contributed by atoms with van der Waals surface area (Å²) < 4.78 is 14.1. The maximum Gasteiger partial charge on any atom is 0.303 e. The fourth-order valence-electron chi connectivity index (χ4n) is 3.34. The van der Waals surface area contributed by atoms with Gasteiger partial charge in [0.25, 0.3) is 0 Å². The third kappa shape index (κ3) is 9.75. The molecule has 0 radical (unpaired) electrons. The van der Waals surface area contributed by atoms with E-state index in [0.29, 0.717) is 38.5 Å². The summed E-state index contributed by atoms with van der Waals surface area (Å²) in [6, 6.07) is 0. The molecule has 0 aromatic heterocycles. The van der Waals surface area contributed by atoms with Crippen LogP contribution in [-0.2, 0) is 4.79 Å². The summed E-state index contributed by atoms with van der Waals surface area (Å²) in [5.74, 6) is -0.702. The number of hydrogen-bond acceptors (Lipinski definition) is 3. The van der Waals surface area contributed by atoms with E-state index in [0.717, 1.165) is 12.8 Å². The summed E-state index contributed by atoms with van der Waals surface area (Å²) in [6.45, 7) is 1.74. The van der Waals surface area contributed by atoms with Crippen molar-refractivity contribution in [3.63, 3.8) is 0 Å². The van der Waals surface area contributed by atoms with Gasteiger partial charge < -0.3 is 15.3 Å². The first kappa shape index (κ1) is 21.8. The maximum absolute atomic E-state index is 14.1. The van der Waals surface area contributed by atoms with Gasteiger partial charge in [-0.2, -0.15) is 0 Å². The molecule has 1 aliphatic carbocycles. The summed E-state index contributed by atoms with van der Waals surface area (Å²) in [5, 5.41) is 27.8. The summed E-state index contributed by atoms with van der Waals surface area (Å²) >= 11 is 0. The van der Waals surface area contributed by atoms with Crippen molar-refractivity contribution < 1.29 is 24.5 Å². The second-order valence-electron chi connectivity index (χ2n) is 7.15. The summed E-state index contributed by atoms with van der Waals surface area (Å²) in [6.07, 6.45) is 11.5. The van der Waals surface area contributed by atoms with Crippen molar-refractivity contribution in [3.8, 4) is 0 Å². The molecule has 0 amide bonds. The Labute approximate surface area is 150 Å². The monoisotopic (exact) mass is 356 g/mol. The van der Waals surface area contributed by atoms with Crippen LogP contribution in [0.15, 0.2) is 24.3 Å². The molecule has 0 aromatic rings. The number of rotatable bonds is 12. The Morgan fingerprint density at radius 3 is 2.64 bits per heavy atom.